The molecule has 0 aliphatic rings. The average molecular weight is 202 g/mol. The van der Waals surface area contributed by atoms with Gasteiger partial charge in [0.15, 0.2) is 5.78 Å². The Labute approximate surface area is 88.7 Å². The maximum Gasteiger partial charge on any atom is 0.179 e. The van der Waals surface area contributed by atoms with E-state index in [1.165, 1.54) is 0 Å². The number of pyridine rings is 1. The third kappa shape index (κ3) is 1.54. The van der Waals surface area contributed by atoms with Crippen molar-refractivity contribution < 1.29 is 4.79 Å². The molecule has 0 atom stereocenters. The molecule has 0 fully saturated rings. The standard InChI is InChI=1S/C12H14N2O/c1-3-12(15)11-8-9-10(14(11)4-2)6-5-7-13-9/h5-8H,3-4H2,1-2H3. The Kier molecular flexibility index (Phi) is 2.54. The third-order valence-corrected chi connectivity index (χ3v) is 2.59. The first kappa shape index (κ1) is 9.90. The molecule has 2 rings (SSSR count). The Morgan fingerprint density at radius 3 is 2.93 bits per heavy atom. The lowest BCUT2D eigenvalue weighted by Gasteiger charge is -2.04. The molecule has 2 aromatic heterocycles. The maximum atomic E-state index is 11.7. The molecule has 0 aliphatic heterocycles. The number of carbonyl (C=O) groups excluding carboxylic acids is 1. The Morgan fingerprint density at radius 2 is 2.27 bits per heavy atom. The zero-order valence-corrected chi connectivity index (χ0v) is 9.03. The summed E-state index contributed by atoms with van der Waals surface area (Å²) in [6.45, 7) is 4.72. The van der Waals surface area contributed by atoms with Gasteiger partial charge in [-0.2, -0.15) is 0 Å². The summed E-state index contributed by atoms with van der Waals surface area (Å²) >= 11 is 0. The number of hydrogen-bond donors (Lipinski definition) is 0. The highest BCUT2D eigenvalue weighted by atomic mass is 16.1. The van der Waals surface area contributed by atoms with E-state index in [1.807, 2.05) is 36.6 Å². The molecule has 0 bridgehead atoms. The molecule has 2 heterocycles. The molecule has 15 heavy (non-hydrogen) atoms. The number of aryl methyl sites for hydroxylation is 1. The van der Waals surface area contributed by atoms with Crippen LogP contribution in [0, 0.1) is 0 Å². The van der Waals surface area contributed by atoms with E-state index in [1.54, 1.807) is 6.20 Å². The lowest BCUT2D eigenvalue weighted by molar-refractivity contribution is 0.0980. The van der Waals surface area contributed by atoms with Crippen molar-refractivity contribution >= 4 is 16.8 Å². The highest BCUT2D eigenvalue weighted by Gasteiger charge is 2.12. The van der Waals surface area contributed by atoms with Crippen molar-refractivity contribution in [1.82, 2.24) is 9.55 Å². The average Bonchev–Trinajstić information content (AvgIpc) is 2.66. The van der Waals surface area contributed by atoms with Crippen molar-refractivity contribution in [3.05, 3.63) is 30.1 Å². The van der Waals surface area contributed by atoms with Crippen LogP contribution in [-0.2, 0) is 6.54 Å². The van der Waals surface area contributed by atoms with Crippen LogP contribution in [0.15, 0.2) is 24.4 Å². The number of rotatable bonds is 3. The van der Waals surface area contributed by atoms with E-state index in [9.17, 15) is 4.79 Å². The summed E-state index contributed by atoms with van der Waals surface area (Å²) in [5.74, 6) is 0.176. The van der Waals surface area contributed by atoms with Crippen molar-refractivity contribution in [2.75, 3.05) is 0 Å². The maximum absolute atomic E-state index is 11.7. The van der Waals surface area contributed by atoms with E-state index in [-0.39, 0.29) is 5.78 Å². The largest absolute Gasteiger partial charge is 0.337 e. The topological polar surface area (TPSA) is 34.9 Å². The summed E-state index contributed by atoms with van der Waals surface area (Å²) < 4.78 is 2.02. The number of ketones is 1. The second-order valence-electron chi connectivity index (χ2n) is 3.46. The van der Waals surface area contributed by atoms with Crippen LogP contribution in [0.4, 0.5) is 0 Å². The molecule has 78 valence electrons. The predicted octanol–water partition coefficient (Wildman–Crippen LogP) is 2.65. The van der Waals surface area contributed by atoms with Gasteiger partial charge in [0.2, 0.25) is 0 Å². The zero-order chi connectivity index (χ0) is 10.8. The van der Waals surface area contributed by atoms with Crippen LogP contribution in [0.3, 0.4) is 0 Å². The molecule has 0 unspecified atom stereocenters. The summed E-state index contributed by atoms with van der Waals surface area (Å²) in [7, 11) is 0. The van der Waals surface area contributed by atoms with Crippen LogP contribution in [-0.4, -0.2) is 15.3 Å². The van der Waals surface area contributed by atoms with E-state index in [4.69, 9.17) is 0 Å². The van der Waals surface area contributed by atoms with Crippen LogP contribution >= 0.6 is 0 Å². The number of aromatic nitrogens is 2. The molecule has 0 amide bonds. The molecule has 3 heteroatoms. The fraction of sp³-hybridized carbons (Fsp3) is 0.333. The lowest BCUT2D eigenvalue weighted by atomic mass is 10.2. The summed E-state index contributed by atoms with van der Waals surface area (Å²) in [6, 6.07) is 5.78. The Morgan fingerprint density at radius 1 is 1.47 bits per heavy atom. The number of fused-ring (bicyclic) bond motifs is 1. The monoisotopic (exact) mass is 202 g/mol. The van der Waals surface area contributed by atoms with Crippen LogP contribution in [0.1, 0.15) is 30.8 Å². The molecule has 0 N–H and O–H groups in total. The Bertz CT molecular complexity index is 499. The lowest BCUT2D eigenvalue weighted by Crippen LogP contribution is -2.06. The van der Waals surface area contributed by atoms with Crippen LogP contribution < -0.4 is 0 Å². The van der Waals surface area contributed by atoms with Gasteiger partial charge in [0.1, 0.15) is 0 Å². The quantitative estimate of drug-likeness (QED) is 0.717. The van der Waals surface area contributed by atoms with Gasteiger partial charge < -0.3 is 4.57 Å². The van der Waals surface area contributed by atoms with Crippen molar-refractivity contribution in [2.24, 2.45) is 0 Å². The first-order chi connectivity index (χ1) is 7.27. The van der Waals surface area contributed by atoms with Gasteiger partial charge in [-0.25, -0.2) is 0 Å². The molecule has 0 saturated heterocycles. The molecular formula is C12H14N2O. The molecule has 0 spiro atoms. The van der Waals surface area contributed by atoms with Crippen LogP contribution in [0.25, 0.3) is 11.0 Å². The van der Waals surface area contributed by atoms with Crippen LogP contribution in [0.5, 0.6) is 0 Å². The molecule has 0 saturated carbocycles. The van der Waals surface area contributed by atoms with E-state index in [2.05, 4.69) is 4.98 Å². The fourth-order valence-electron chi connectivity index (χ4n) is 1.84. The number of carbonyl (C=O) groups is 1. The Hall–Kier alpha value is -1.64. The summed E-state index contributed by atoms with van der Waals surface area (Å²) in [5.41, 5.74) is 2.71. The van der Waals surface area contributed by atoms with E-state index in [0.717, 1.165) is 23.3 Å². The minimum Gasteiger partial charge on any atom is -0.337 e. The first-order valence-corrected chi connectivity index (χ1v) is 5.25. The summed E-state index contributed by atoms with van der Waals surface area (Å²) in [6.07, 6.45) is 2.29. The molecule has 0 aromatic carbocycles. The van der Waals surface area contributed by atoms with Crippen molar-refractivity contribution in [3.8, 4) is 0 Å². The van der Waals surface area contributed by atoms with Gasteiger partial charge >= 0.3 is 0 Å². The fourth-order valence-corrected chi connectivity index (χ4v) is 1.84. The van der Waals surface area contributed by atoms with Crippen molar-refractivity contribution in [1.29, 1.82) is 0 Å². The van der Waals surface area contributed by atoms with Gasteiger partial charge in [0, 0.05) is 19.2 Å². The van der Waals surface area contributed by atoms with Crippen LogP contribution in [0.2, 0.25) is 0 Å². The van der Waals surface area contributed by atoms with Crippen molar-refractivity contribution in [3.63, 3.8) is 0 Å². The third-order valence-electron chi connectivity index (χ3n) is 2.59. The molecule has 0 radical (unpaired) electrons. The first-order valence-electron chi connectivity index (χ1n) is 5.25. The number of Topliss-reactive ketones (excluding diaryl/α,β-unsaturated/α-hetero) is 1. The molecule has 2 aromatic rings. The SMILES string of the molecule is CCC(=O)c1cc2ncccc2n1CC. The molecule has 3 nitrogen and oxygen atoms in total. The van der Waals surface area contributed by atoms with E-state index >= 15 is 0 Å². The Balaban J connectivity index is 2.69. The second kappa shape index (κ2) is 3.85. The minimum absolute atomic E-state index is 0.176. The van der Waals surface area contributed by atoms with Gasteiger partial charge in [0.05, 0.1) is 16.7 Å². The van der Waals surface area contributed by atoms with Gasteiger partial charge in [-0.15, -0.1) is 0 Å². The van der Waals surface area contributed by atoms with Gasteiger partial charge in [-0.3, -0.25) is 9.78 Å². The summed E-state index contributed by atoms with van der Waals surface area (Å²) in [4.78, 5) is 16.0. The predicted molar refractivity (Wildman–Crippen MR) is 60.0 cm³/mol. The normalized spacial score (nSPS) is 10.8. The number of hydrogen-bond acceptors (Lipinski definition) is 2. The molecule has 0 aliphatic carbocycles. The van der Waals surface area contributed by atoms with E-state index < -0.39 is 0 Å². The van der Waals surface area contributed by atoms with E-state index in [0.29, 0.717) is 6.42 Å². The summed E-state index contributed by atoms with van der Waals surface area (Å²) in [5, 5.41) is 0. The second-order valence-corrected chi connectivity index (χ2v) is 3.46. The highest BCUT2D eigenvalue weighted by Crippen LogP contribution is 2.18. The van der Waals surface area contributed by atoms with Gasteiger partial charge in [0.25, 0.3) is 0 Å². The smallest absolute Gasteiger partial charge is 0.179 e. The number of nitrogens with zero attached hydrogens (tertiary/aromatic N) is 2. The van der Waals surface area contributed by atoms with Crippen molar-refractivity contribution in [2.45, 2.75) is 26.8 Å². The molecular weight excluding hydrogens is 188 g/mol. The highest BCUT2D eigenvalue weighted by molar-refractivity contribution is 5.99. The minimum atomic E-state index is 0.176. The van der Waals surface area contributed by atoms with Gasteiger partial charge in [-0.1, -0.05) is 6.92 Å². The van der Waals surface area contributed by atoms with Gasteiger partial charge in [-0.05, 0) is 25.1 Å². The zero-order valence-electron chi connectivity index (χ0n) is 9.03.